The van der Waals surface area contributed by atoms with Gasteiger partial charge in [0.05, 0.1) is 22.4 Å². The molecule has 8 aliphatic carbocycles. The first-order chi connectivity index (χ1) is 31.1. The predicted molar refractivity (Wildman–Crippen MR) is 273 cm³/mol. The molecule has 10 aliphatic rings. The molecule has 0 amide bonds. The van der Waals surface area contributed by atoms with Gasteiger partial charge in [0, 0.05) is 33.5 Å². The van der Waals surface area contributed by atoms with Crippen molar-refractivity contribution >= 4 is 0 Å². The fraction of sp³-hybridized carbons (Fsp3) is 0.967. The van der Waals surface area contributed by atoms with Crippen molar-refractivity contribution in [2.75, 3.05) is 33.5 Å². The molecule has 7 nitrogen and oxygen atoms in total. The van der Waals surface area contributed by atoms with Crippen LogP contribution in [-0.2, 0) is 9.47 Å². The Morgan fingerprint density at radius 1 is 0.522 bits per heavy atom. The average molecular weight is 940 g/mol. The fourth-order valence-corrected chi connectivity index (χ4v) is 19.6. The molecule has 7 saturated carbocycles. The van der Waals surface area contributed by atoms with Crippen LogP contribution in [0.15, 0.2) is 11.6 Å². The van der Waals surface area contributed by atoms with E-state index in [-0.39, 0.29) is 7.43 Å². The smallest absolute Gasteiger partial charge is 0.0691 e. The second kappa shape index (κ2) is 20.4. The molecule has 0 bridgehead atoms. The minimum absolute atomic E-state index is 0. The average Bonchev–Trinajstić information content (AvgIpc) is 3.83. The van der Waals surface area contributed by atoms with Crippen LogP contribution in [0, 0.1) is 86.8 Å². The zero-order chi connectivity index (χ0) is 47.6. The minimum atomic E-state index is -0.496. The van der Waals surface area contributed by atoms with E-state index in [1.54, 1.807) is 5.57 Å². The van der Waals surface area contributed by atoms with Crippen molar-refractivity contribution in [2.24, 2.45) is 86.8 Å². The molecule has 2 saturated heterocycles. The molecule has 0 unspecified atom stereocenters. The van der Waals surface area contributed by atoms with E-state index < -0.39 is 22.4 Å². The Bertz CT molecular complexity index is 1660. The Balaban J connectivity index is 0.000000189. The highest BCUT2D eigenvalue weighted by molar-refractivity contribution is 5.27. The van der Waals surface area contributed by atoms with Crippen molar-refractivity contribution in [3.63, 3.8) is 0 Å². The van der Waals surface area contributed by atoms with Crippen LogP contribution in [0.25, 0.3) is 0 Å². The first-order valence-corrected chi connectivity index (χ1v) is 28.3. The molecule has 0 spiro atoms. The summed E-state index contributed by atoms with van der Waals surface area (Å²) in [6, 6.07) is 0. The lowest BCUT2D eigenvalue weighted by Crippen LogP contribution is -2.55. The standard InChI is InChI=1S/C29H50O3.C29H48O3.CH4O.CH4/c2*1-20(9-12-29(31)15-17-32-18-16-29)23-7-8-24-22-6-5-21-19-26(2,30)13-14-27(21,3)25(22)10-11-28(23,24)4;1-2;/h20-25,30-31H,5-19H2,1-4H3;5,20,22-25,30-31H,6-19H2,1-4H3;2H,1H3;1H4/t20-,21+,22+,23-,24+,25+,26+,27+,28-;20-,22+,23-,24+,25+,26+,27+,28-;;/m11../s1. The van der Waals surface area contributed by atoms with Gasteiger partial charge >= 0.3 is 0 Å². The van der Waals surface area contributed by atoms with Crippen LogP contribution >= 0.6 is 0 Å². The summed E-state index contributed by atoms with van der Waals surface area (Å²) in [5, 5.41) is 50.4. The van der Waals surface area contributed by atoms with Gasteiger partial charge in [0.1, 0.15) is 0 Å². The Morgan fingerprint density at radius 2 is 1.00 bits per heavy atom. The highest BCUT2D eigenvalue weighted by atomic mass is 16.5. The number of hydrogen-bond acceptors (Lipinski definition) is 7. The van der Waals surface area contributed by atoms with Crippen molar-refractivity contribution in [1.82, 2.24) is 0 Å². The number of allylic oxidation sites excluding steroid dienone is 1. The van der Waals surface area contributed by atoms with Crippen LogP contribution in [0.3, 0.4) is 0 Å². The molecule has 9 fully saturated rings. The number of fused-ring (bicyclic) bond motifs is 10. The van der Waals surface area contributed by atoms with Crippen LogP contribution in [0.4, 0.5) is 0 Å². The number of ether oxygens (including phenoxy) is 2. The van der Waals surface area contributed by atoms with Gasteiger partial charge in [0.25, 0.3) is 0 Å². The van der Waals surface area contributed by atoms with E-state index in [0.717, 1.165) is 157 Å². The van der Waals surface area contributed by atoms with E-state index in [4.69, 9.17) is 14.6 Å². The van der Waals surface area contributed by atoms with Crippen molar-refractivity contribution in [2.45, 2.75) is 246 Å². The molecule has 0 radical (unpaired) electrons. The topological polar surface area (TPSA) is 120 Å². The second-order valence-electron chi connectivity index (χ2n) is 27.5. The van der Waals surface area contributed by atoms with Gasteiger partial charge in [-0.3, -0.25) is 0 Å². The van der Waals surface area contributed by atoms with Gasteiger partial charge in [0.2, 0.25) is 0 Å². The van der Waals surface area contributed by atoms with Gasteiger partial charge in [-0.05, 0) is 261 Å². The second-order valence-corrected chi connectivity index (χ2v) is 27.5. The Hall–Kier alpha value is -0.540. The van der Waals surface area contributed by atoms with Gasteiger partial charge in [-0.1, -0.05) is 60.6 Å². The Labute approximate surface area is 411 Å². The third-order valence-electron chi connectivity index (χ3n) is 23.8. The summed E-state index contributed by atoms with van der Waals surface area (Å²) in [6.45, 7) is 22.4. The number of rotatable bonds is 8. The summed E-state index contributed by atoms with van der Waals surface area (Å²) in [4.78, 5) is 0. The van der Waals surface area contributed by atoms with E-state index >= 15 is 0 Å². The van der Waals surface area contributed by atoms with Gasteiger partial charge in [-0.2, -0.15) is 0 Å². The normalized spacial score (nSPS) is 48.0. The summed E-state index contributed by atoms with van der Waals surface area (Å²) in [5.74, 6) is 8.98. The van der Waals surface area contributed by atoms with Gasteiger partial charge in [-0.25, -0.2) is 0 Å². The summed E-state index contributed by atoms with van der Waals surface area (Å²) >= 11 is 0. The van der Waals surface area contributed by atoms with Crippen molar-refractivity contribution < 1.29 is 35.0 Å². The molecule has 2 aliphatic heterocycles. The Morgan fingerprint density at radius 3 is 1.54 bits per heavy atom. The van der Waals surface area contributed by atoms with Gasteiger partial charge in [-0.15, -0.1) is 0 Å². The quantitative estimate of drug-likeness (QED) is 0.154. The van der Waals surface area contributed by atoms with Gasteiger partial charge < -0.3 is 35.0 Å². The maximum atomic E-state index is 11.0. The van der Waals surface area contributed by atoms with E-state index in [9.17, 15) is 20.4 Å². The molecule has 5 N–H and O–H groups in total. The van der Waals surface area contributed by atoms with E-state index in [1.807, 2.05) is 6.92 Å². The lowest BCUT2D eigenvalue weighted by molar-refractivity contribution is -0.148. The van der Waals surface area contributed by atoms with Crippen LogP contribution < -0.4 is 0 Å². The Kier molecular flexibility index (Phi) is 16.5. The highest BCUT2D eigenvalue weighted by Crippen LogP contribution is 2.70. The van der Waals surface area contributed by atoms with Crippen LogP contribution in [0.5, 0.6) is 0 Å². The molecule has 0 aromatic heterocycles. The molecular weight excluding hydrogens is 833 g/mol. The maximum Gasteiger partial charge on any atom is 0.0691 e. The fourth-order valence-electron chi connectivity index (χ4n) is 19.6. The van der Waals surface area contributed by atoms with Crippen molar-refractivity contribution in [1.29, 1.82) is 0 Å². The summed E-state index contributed by atoms with van der Waals surface area (Å²) in [5.41, 5.74) is 1.45. The van der Waals surface area contributed by atoms with E-state index in [1.165, 1.54) is 89.9 Å². The van der Waals surface area contributed by atoms with E-state index in [2.05, 4.69) is 54.5 Å². The third-order valence-corrected chi connectivity index (χ3v) is 23.8. The number of aliphatic hydroxyl groups is 5. The van der Waals surface area contributed by atoms with Crippen LogP contribution in [0.2, 0.25) is 0 Å². The van der Waals surface area contributed by atoms with Crippen LogP contribution in [0.1, 0.15) is 223 Å². The lowest BCUT2D eigenvalue weighted by atomic mass is 9.43. The molecule has 10 rings (SSSR count). The third kappa shape index (κ3) is 10.4. The molecule has 388 valence electrons. The van der Waals surface area contributed by atoms with Crippen molar-refractivity contribution in [3.8, 4) is 0 Å². The molecule has 67 heavy (non-hydrogen) atoms. The summed E-state index contributed by atoms with van der Waals surface area (Å²) < 4.78 is 11.0. The number of hydrogen-bond donors (Lipinski definition) is 5. The molecule has 0 aromatic rings. The van der Waals surface area contributed by atoms with E-state index in [0.29, 0.717) is 33.5 Å². The number of aliphatic hydroxyl groups excluding tert-OH is 1. The lowest BCUT2D eigenvalue weighted by Gasteiger charge is -2.62. The summed E-state index contributed by atoms with van der Waals surface area (Å²) in [6.07, 6.45) is 31.5. The predicted octanol–water partition coefficient (Wildman–Crippen LogP) is 12.9. The monoisotopic (exact) mass is 939 g/mol. The molecule has 7 heteroatoms. The zero-order valence-electron chi connectivity index (χ0n) is 44.0. The summed E-state index contributed by atoms with van der Waals surface area (Å²) in [7, 11) is 1.00. The maximum absolute atomic E-state index is 11.0. The van der Waals surface area contributed by atoms with Gasteiger partial charge in [0.15, 0.2) is 0 Å². The largest absolute Gasteiger partial charge is 0.400 e. The SMILES string of the molecule is C.CO.C[C@H](CCC1(O)CCOCC1)[C@H]1CC[C@H]2[C@@H]3CC=C4C[C@@](C)(O)CC[C@]4(C)[C@H]3CC[C@]12C.C[C@H](CCC1(O)CCOCC1)[C@H]1CC[C@H]2[C@@H]3CC[C@H]4C[C@@](C)(O)CC[C@]4(C)[C@H]3CC[C@]12C. The first kappa shape index (κ1) is 54.2. The zero-order valence-corrected chi connectivity index (χ0v) is 44.0. The molecule has 2 heterocycles. The molecule has 17 atom stereocenters. The first-order valence-electron chi connectivity index (χ1n) is 28.3. The highest BCUT2D eigenvalue weighted by Gasteiger charge is 2.62. The molecule has 0 aromatic carbocycles. The van der Waals surface area contributed by atoms with Crippen molar-refractivity contribution in [3.05, 3.63) is 11.6 Å². The van der Waals surface area contributed by atoms with Crippen LogP contribution in [-0.4, -0.2) is 81.5 Å². The molecular formula is C60H106O7. The minimum Gasteiger partial charge on any atom is -0.400 e.